The van der Waals surface area contributed by atoms with Gasteiger partial charge in [-0.25, -0.2) is 0 Å². The van der Waals surface area contributed by atoms with Gasteiger partial charge in [-0.2, -0.15) is 0 Å². The summed E-state index contributed by atoms with van der Waals surface area (Å²) in [5, 5.41) is 12.3. The molecule has 1 amide bonds. The van der Waals surface area contributed by atoms with Gasteiger partial charge < -0.3 is 19.9 Å². The van der Waals surface area contributed by atoms with Crippen molar-refractivity contribution in [2.75, 3.05) is 50.1 Å². The molecule has 2 aromatic carbocycles. The van der Waals surface area contributed by atoms with Crippen molar-refractivity contribution in [1.29, 1.82) is 0 Å². The predicted octanol–water partition coefficient (Wildman–Crippen LogP) is 4.22. The Balaban J connectivity index is 1.37. The molecule has 1 aliphatic heterocycles. The molecule has 1 saturated heterocycles. The van der Waals surface area contributed by atoms with Gasteiger partial charge in [0.15, 0.2) is 12.4 Å². The number of aromatic nitrogens is 2. The first kappa shape index (κ1) is 22.3. The van der Waals surface area contributed by atoms with Crippen LogP contribution in [-0.2, 0) is 4.79 Å². The zero-order valence-corrected chi connectivity index (χ0v) is 19.1. The quantitative estimate of drug-likeness (QED) is 0.580. The van der Waals surface area contributed by atoms with Crippen molar-refractivity contribution in [1.82, 2.24) is 15.1 Å². The van der Waals surface area contributed by atoms with E-state index < -0.39 is 0 Å². The standard InChI is InChI=1S/C23H23Cl2N5O2/c1-29-10-12-30(13-11-29)21-9-8-19(27-28-21)16-4-2-5-17(14-16)26-22(31)15-32-20-7-3-6-18(24)23(20)25/h2-9,14H,10-13,15H2,1H3,(H,26,31). The highest BCUT2D eigenvalue weighted by molar-refractivity contribution is 6.42. The molecule has 0 radical (unpaired) electrons. The van der Waals surface area contributed by atoms with Crippen LogP contribution < -0.4 is 15.0 Å². The first-order chi connectivity index (χ1) is 15.5. The highest BCUT2D eigenvalue weighted by Crippen LogP contribution is 2.31. The Labute approximate surface area is 196 Å². The molecule has 166 valence electrons. The van der Waals surface area contributed by atoms with Gasteiger partial charge >= 0.3 is 0 Å². The average Bonchev–Trinajstić information content (AvgIpc) is 2.81. The maximum absolute atomic E-state index is 12.3. The number of carbonyl (C=O) groups excluding carboxylic acids is 1. The van der Waals surface area contributed by atoms with Crippen LogP contribution in [-0.4, -0.2) is 60.8 Å². The first-order valence-corrected chi connectivity index (χ1v) is 11.0. The number of likely N-dealkylation sites (N-methyl/N-ethyl adjacent to an activating group) is 1. The van der Waals surface area contributed by atoms with E-state index in [1.807, 2.05) is 30.3 Å². The Morgan fingerprint density at radius 2 is 1.81 bits per heavy atom. The van der Waals surface area contributed by atoms with Crippen molar-refractivity contribution in [2.24, 2.45) is 0 Å². The molecular weight excluding hydrogens is 449 g/mol. The number of nitrogens with zero attached hydrogens (tertiary/aromatic N) is 4. The number of benzene rings is 2. The zero-order valence-electron chi connectivity index (χ0n) is 17.6. The van der Waals surface area contributed by atoms with E-state index in [9.17, 15) is 4.79 Å². The Bertz CT molecular complexity index is 1090. The van der Waals surface area contributed by atoms with Crippen molar-refractivity contribution < 1.29 is 9.53 Å². The molecule has 0 bridgehead atoms. The largest absolute Gasteiger partial charge is 0.482 e. The second-order valence-corrected chi connectivity index (χ2v) is 8.32. The van der Waals surface area contributed by atoms with Crippen molar-refractivity contribution in [3.05, 3.63) is 64.6 Å². The molecule has 1 aromatic heterocycles. The summed E-state index contributed by atoms with van der Waals surface area (Å²) in [6, 6.07) is 16.4. The lowest BCUT2D eigenvalue weighted by atomic mass is 10.1. The molecule has 32 heavy (non-hydrogen) atoms. The lowest BCUT2D eigenvalue weighted by Gasteiger charge is -2.32. The van der Waals surface area contributed by atoms with Gasteiger partial charge in [-0.1, -0.05) is 41.4 Å². The van der Waals surface area contributed by atoms with E-state index in [1.165, 1.54) is 0 Å². The fourth-order valence-corrected chi connectivity index (χ4v) is 3.72. The number of carbonyl (C=O) groups is 1. The van der Waals surface area contributed by atoms with Gasteiger partial charge in [0.05, 0.1) is 10.7 Å². The molecule has 3 aromatic rings. The minimum Gasteiger partial charge on any atom is -0.482 e. The fourth-order valence-electron chi connectivity index (χ4n) is 3.38. The minimum absolute atomic E-state index is 0.191. The topological polar surface area (TPSA) is 70.6 Å². The third-order valence-electron chi connectivity index (χ3n) is 5.19. The molecule has 2 heterocycles. The third kappa shape index (κ3) is 5.48. The molecule has 7 nitrogen and oxygen atoms in total. The Morgan fingerprint density at radius 3 is 2.56 bits per heavy atom. The molecular formula is C23H23Cl2N5O2. The highest BCUT2D eigenvalue weighted by Gasteiger charge is 2.16. The summed E-state index contributed by atoms with van der Waals surface area (Å²) in [6.45, 7) is 3.71. The van der Waals surface area contributed by atoms with Gasteiger partial charge in [-0.05, 0) is 43.4 Å². The number of amides is 1. The van der Waals surface area contributed by atoms with Crippen LogP contribution in [0.4, 0.5) is 11.5 Å². The van der Waals surface area contributed by atoms with Gasteiger partial charge in [0.2, 0.25) is 0 Å². The average molecular weight is 472 g/mol. The van der Waals surface area contributed by atoms with Crippen molar-refractivity contribution in [3.63, 3.8) is 0 Å². The summed E-state index contributed by atoms with van der Waals surface area (Å²) in [5.41, 5.74) is 2.23. The number of hydrogen-bond donors (Lipinski definition) is 1. The van der Waals surface area contributed by atoms with Gasteiger partial charge in [0.1, 0.15) is 10.8 Å². The van der Waals surface area contributed by atoms with E-state index in [2.05, 4.69) is 32.4 Å². The summed E-state index contributed by atoms with van der Waals surface area (Å²) in [6.07, 6.45) is 0. The number of piperazine rings is 1. The highest BCUT2D eigenvalue weighted by atomic mass is 35.5. The van der Waals surface area contributed by atoms with Crippen LogP contribution in [0.3, 0.4) is 0 Å². The van der Waals surface area contributed by atoms with Crippen molar-refractivity contribution >= 4 is 40.6 Å². The van der Waals surface area contributed by atoms with Crippen molar-refractivity contribution in [2.45, 2.75) is 0 Å². The summed E-state index contributed by atoms with van der Waals surface area (Å²) in [5.74, 6) is 0.927. The molecule has 0 unspecified atom stereocenters. The van der Waals surface area contributed by atoms with Crippen LogP contribution in [0.5, 0.6) is 5.75 Å². The number of anilines is 2. The Morgan fingerprint density at radius 1 is 1.03 bits per heavy atom. The van der Waals surface area contributed by atoms with Gasteiger partial charge in [0.25, 0.3) is 5.91 Å². The maximum Gasteiger partial charge on any atom is 0.262 e. The maximum atomic E-state index is 12.3. The second-order valence-electron chi connectivity index (χ2n) is 7.54. The molecule has 4 rings (SSSR count). The van der Waals surface area contributed by atoms with Crippen LogP contribution in [0.25, 0.3) is 11.3 Å². The van der Waals surface area contributed by atoms with Crippen molar-refractivity contribution in [3.8, 4) is 17.0 Å². The van der Waals surface area contributed by atoms with Gasteiger partial charge in [-0.15, -0.1) is 10.2 Å². The predicted molar refractivity (Wildman–Crippen MR) is 128 cm³/mol. The number of nitrogens with one attached hydrogen (secondary N) is 1. The third-order valence-corrected chi connectivity index (χ3v) is 6.00. The minimum atomic E-state index is -0.310. The van der Waals surface area contributed by atoms with E-state index in [4.69, 9.17) is 27.9 Å². The zero-order chi connectivity index (χ0) is 22.5. The normalized spacial score (nSPS) is 14.3. The van der Waals surface area contributed by atoms with E-state index >= 15 is 0 Å². The second kappa shape index (κ2) is 10.2. The lowest BCUT2D eigenvalue weighted by Crippen LogP contribution is -2.44. The van der Waals surface area contributed by atoms with Crippen LogP contribution in [0.2, 0.25) is 10.0 Å². The summed E-state index contributed by atoms with van der Waals surface area (Å²) < 4.78 is 5.49. The van der Waals surface area contributed by atoms with Crippen LogP contribution in [0, 0.1) is 0 Å². The van der Waals surface area contributed by atoms with E-state index in [1.54, 1.807) is 24.3 Å². The number of rotatable bonds is 6. The number of halogens is 2. The number of ether oxygens (including phenoxy) is 1. The lowest BCUT2D eigenvalue weighted by molar-refractivity contribution is -0.118. The molecule has 0 aliphatic carbocycles. The van der Waals surface area contributed by atoms with Crippen LogP contribution >= 0.6 is 23.2 Å². The molecule has 0 spiro atoms. The molecule has 1 aliphatic rings. The summed E-state index contributed by atoms with van der Waals surface area (Å²) in [4.78, 5) is 16.9. The van der Waals surface area contributed by atoms with Gasteiger partial charge in [0, 0.05) is 37.4 Å². The smallest absolute Gasteiger partial charge is 0.262 e. The van der Waals surface area contributed by atoms with E-state index in [-0.39, 0.29) is 17.5 Å². The molecule has 0 atom stereocenters. The SMILES string of the molecule is CN1CCN(c2ccc(-c3cccc(NC(=O)COc4cccc(Cl)c4Cl)c3)nn2)CC1. The van der Waals surface area contributed by atoms with Crippen LogP contribution in [0.15, 0.2) is 54.6 Å². The number of hydrogen-bond acceptors (Lipinski definition) is 6. The monoisotopic (exact) mass is 471 g/mol. The Hall–Kier alpha value is -2.87. The molecule has 0 saturated carbocycles. The fraction of sp³-hybridized carbons (Fsp3) is 0.261. The Kier molecular flexibility index (Phi) is 7.09. The first-order valence-electron chi connectivity index (χ1n) is 10.2. The van der Waals surface area contributed by atoms with Crippen LogP contribution in [0.1, 0.15) is 0 Å². The van der Waals surface area contributed by atoms with E-state index in [0.29, 0.717) is 16.5 Å². The summed E-state index contributed by atoms with van der Waals surface area (Å²) in [7, 11) is 2.12. The van der Waals surface area contributed by atoms with Gasteiger partial charge in [-0.3, -0.25) is 4.79 Å². The summed E-state index contributed by atoms with van der Waals surface area (Å²) >= 11 is 12.1. The molecule has 9 heteroatoms. The molecule has 1 fully saturated rings. The van der Waals surface area contributed by atoms with E-state index in [0.717, 1.165) is 43.3 Å². The molecule has 1 N–H and O–H groups in total.